The van der Waals surface area contributed by atoms with E-state index in [1.807, 2.05) is 19.2 Å². The zero-order valence-electron chi connectivity index (χ0n) is 11.1. The highest BCUT2D eigenvalue weighted by Crippen LogP contribution is 2.20. The smallest absolute Gasteiger partial charge is 0.234 e. The Morgan fingerprint density at radius 2 is 2.47 bits per heavy atom. The van der Waals surface area contributed by atoms with Gasteiger partial charge in [-0.15, -0.1) is 12.4 Å². The summed E-state index contributed by atoms with van der Waals surface area (Å²) in [5.41, 5.74) is 1.16. The predicted molar refractivity (Wildman–Crippen MR) is 77.4 cm³/mol. The number of aromatic nitrogens is 1. The minimum absolute atomic E-state index is 0. The third-order valence-corrected chi connectivity index (χ3v) is 3.14. The molecular weight excluding hydrogens is 264 g/mol. The van der Waals surface area contributed by atoms with E-state index < -0.39 is 0 Å². The van der Waals surface area contributed by atoms with Gasteiger partial charge in [-0.1, -0.05) is 6.07 Å². The number of nitrogens with zero attached hydrogens (tertiary/aromatic N) is 2. The van der Waals surface area contributed by atoms with Gasteiger partial charge >= 0.3 is 0 Å². The second-order valence-corrected chi connectivity index (χ2v) is 4.43. The number of rotatable bonds is 4. The van der Waals surface area contributed by atoms with E-state index >= 15 is 0 Å². The molecule has 1 aliphatic rings. The third-order valence-electron chi connectivity index (χ3n) is 3.14. The molecule has 0 spiro atoms. The van der Waals surface area contributed by atoms with Crippen LogP contribution in [0.3, 0.4) is 0 Å². The number of hydrogen-bond donors (Lipinski definition) is 2. The number of piperazine rings is 1. The number of nitrogens with one attached hydrogen (secondary N) is 2. The summed E-state index contributed by atoms with van der Waals surface area (Å²) in [7, 11) is 0. The van der Waals surface area contributed by atoms with Gasteiger partial charge in [0, 0.05) is 44.6 Å². The van der Waals surface area contributed by atoms with Gasteiger partial charge in [-0.3, -0.25) is 14.7 Å². The second kappa shape index (κ2) is 8.09. The van der Waals surface area contributed by atoms with Gasteiger partial charge in [0.1, 0.15) is 0 Å². The van der Waals surface area contributed by atoms with Crippen LogP contribution >= 0.6 is 12.4 Å². The van der Waals surface area contributed by atoms with Gasteiger partial charge in [-0.05, 0) is 18.6 Å². The Morgan fingerprint density at radius 3 is 3.16 bits per heavy atom. The molecule has 19 heavy (non-hydrogen) atoms. The van der Waals surface area contributed by atoms with E-state index in [1.54, 1.807) is 6.20 Å². The summed E-state index contributed by atoms with van der Waals surface area (Å²) in [6.45, 7) is 5.75. The maximum atomic E-state index is 11.7. The lowest BCUT2D eigenvalue weighted by atomic mass is 10.1. The van der Waals surface area contributed by atoms with Crippen LogP contribution in [0.4, 0.5) is 0 Å². The first-order chi connectivity index (χ1) is 8.81. The monoisotopic (exact) mass is 284 g/mol. The van der Waals surface area contributed by atoms with Crippen molar-refractivity contribution in [3.63, 3.8) is 0 Å². The van der Waals surface area contributed by atoms with Crippen LogP contribution in [0.15, 0.2) is 24.5 Å². The number of hydrogen-bond acceptors (Lipinski definition) is 4. The van der Waals surface area contributed by atoms with Crippen LogP contribution in [0.5, 0.6) is 0 Å². The Balaban J connectivity index is 0.00000180. The van der Waals surface area contributed by atoms with Crippen molar-refractivity contribution < 1.29 is 4.79 Å². The van der Waals surface area contributed by atoms with E-state index in [2.05, 4.69) is 26.6 Å². The molecule has 0 aliphatic carbocycles. The molecule has 1 aromatic rings. The maximum Gasteiger partial charge on any atom is 0.234 e. The summed E-state index contributed by atoms with van der Waals surface area (Å²) in [5.74, 6) is 0.0910. The normalized spacial score (nSPS) is 19.5. The molecule has 0 bridgehead atoms. The van der Waals surface area contributed by atoms with Crippen LogP contribution in [-0.2, 0) is 4.79 Å². The average molecular weight is 285 g/mol. The summed E-state index contributed by atoms with van der Waals surface area (Å²) >= 11 is 0. The van der Waals surface area contributed by atoms with Gasteiger partial charge in [0.25, 0.3) is 0 Å². The Morgan fingerprint density at radius 1 is 1.63 bits per heavy atom. The summed E-state index contributed by atoms with van der Waals surface area (Å²) in [6, 6.07) is 4.24. The van der Waals surface area contributed by atoms with Gasteiger partial charge < -0.3 is 10.6 Å². The van der Waals surface area contributed by atoms with Crippen LogP contribution in [0.25, 0.3) is 0 Å². The highest BCUT2D eigenvalue weighted by molar-refractivity contribution is 5.85. The van der Waals surface area contributed by atoms with Crippen molar-refractivity contribution >= 4 is 18.3 Å². The van der Waals surface area contributed by atoms with Crippen LogP contribution in [-0.4, -0.2) is 48.5 Å². The molecule has 0 saturated carbocycles. The van der Waals surface area contributed by atoms with Crippen LogP contribution < -0.4 is 10.6 Å². The first-order valence-electron chi connectivity index (χ1n) is 6.42. The molecule has 0 radical (unpaired) electrons. The lowest BCUT2D eigenvalue weighted by Crippen LogP contribution is -2.49. The highest BCUT2D eigenvalue weighted by atomic mass is 35.5. The molecule has 2 rings (SSSR count). The molecule has 2 N–H and O–H groups in total. The Labute approximate surface area is 120 Å². The van der Waals surface area contributed by atoms with Crippen molar-refractivity contribution in [2.45, 2.75) is 13.0 Å². The zero-order valence-corrected chi connectivity index (χ0v) is 11.9. The van der Waals surface area contributed by atoms with E-state index in [9.17, 15) is 4.79 Å². The Kier molecular flexibility index (Phi) is 6.77. The molecule has 5 nitrogen and oxygen atoms in total. The van der Waals surface area contributed by atoms with E-state index in [0.29, 0.717) is 13.1 Å². The summed E-state index contributed by atoms with van der Waals surface area (Å²) in [5, 5.41) is 6.22. The molecule has 106 valence electrons. The van der Waals surface area contributed by atoms with E-state index in [-0.39, 0.29) is 24.4 Å². The Hall–Kier alpha value is -1.17. The molecule has 2 heterocycles. The SMILES string of the molecule is CCNC(=O)CN1CCNCC1c1cccnc1.Cl. The van der Waals surface area contributed by atoms with E-state index in [1.165, 1.54) is 0 Å². The number of carbonyl (C=O) groups is 1. The van der Waals surface area contributed by atoms with Crippen LogP contribution in [0.2, 0.25) is 0 Å². The van der Waals surface area contributed by atoms with Gasteiger partial charge in [-0.2, -0.15) is 0 Å². The molecule has 1 unspecified atom stereocenters. The molecule has 1 atom stereocenters. The fraction of sp³-hybridized carbons (Fsp3) is 0.538. The predicted octanol–water partition coefficient (Wildman–Crippen LogP) is 0.586. The lowest BCUT2D eigenvalue weighted by molar-refractivity contribution is -0.122. The number of amides is 1. The number of likely N-dealkylation sites (N-methyl/N-ethyl adjacent to an activating group) is 1. The van der Waals surface area contributed by atoms with Crippen molar-refractivity contribution in [2.24, 2.45) is 0 Å². The third kappa shape index (κ3) is 4.45. The lowest BCUT2D eigenvalue weighted by Gasteiger charge is -2.35. The van der Waals surface area contributed by atoms with E-state index in [4.69, 9.17) is 0 Å². The minimum Gasteiger partial charge on any atom is -0.355 e. The molecular formula is C13H21ClN4O. The van der Waals surface area contributed by atoms with Gasteiger partial charge in [0.2, 0.25) is 5.91 Å². The topological polar surface area (TPSA) is 57.3 Å². The summed E-state index contributed by atoms with van der Waals surface area (Å²) in [4.78, 5) is 18.1. The maximum absolute atomic E-state index is 11.7. The molecule has 6 heteroatoms. The first kappa shape index (κ1) is 15.9. The highest BCUT2D eigenvalue weighted by Gasteiger charge is 2.25. The standard InChI is InChI=1S/C13H20N4O.ClH/c1-2-16-13(18)10-17-7-6-15-9-12(17)11-4-3-5-14-8-11;/h3-5,8,12,15H,2,6-7,9-10H2,1H3,(H,16,18);1H. The largest absolute Gasteiger partial charge is 0.355 e. The molecule has 1 amide bonds. The van der Waals surface area contributed by atoms with Crippen molar-refractivity contribution in [2.75, 3.05) is 32.7 Å². The van der Waals surface area contributed by atoms with Gasteiger partial charge in [0.05, 0.1) is 6.54 Å². The van der Waals surface area contributed by atoms with Crippen molar-refractivity contribution in [1.29, 1.82) is 0 Å². The molecule has 1 aromatic heterocycles. The average Bonchev–Trinajstić information content (AvgIpc) is 2.40. The fourth-order valence-corrected chi connectivity index (χ4v) is 2.27. The zero-order chi connectivity index (χ0) is 12.8. The van der Waals surface area contributed by atoms with Crippen molar-refractivity contribution in [3.05, 3.63) is 30.1 Å². The number of halogens is 1. The fourth-order valence-electron chi connectivity index (χ4n) is 2.27. The van der Waals surface area contributed by atoms with Crippen molar-refractivity contribution in [3.8, 4) is 0 Å². The molecule has 1 saturated heterocycles. The number of carbonyl (C=O) groups excluding carboxylic acids is 1. The van der Waals surface area contributed by atoms with Crippen LogP contribution in [0.1, 0.15) is 18.5 Å². The summed E-state index contributed by atoms with van der Waals surface area (Å²) in [6.07, 6.45) is 3.65. The van der Waals surface area contributed by atoms with E-state index in [0.717, 1.165) is 25.2 Å². The molecule has 1 aliphatic heterocycles. The first-order valence-corrected chi connectivity index (χ1v) is 6.42. The minimum atomic E-state index is 0. The summed E-state index contributed by atoms with van der Waals surface area (Å²) < 4.78 is 0. The quantitative estimate of drug-likeness (QED) is 0.850. The number of pyridine rings is 1. The van der Waals surface area contributed by atoms with Gasteiger partial charge in [-0.25, -0.2) is 0 Å². The molecule has 0 aromatic carbocycles. The molecule has 1 fully saturated rings. The Bertz CT molecular complexity index is 387. The van der Waals surface area contributed by atoms with Crippen LogP contribution in [0, 0.1) is 0 Å². The van der Waals surface area contributed by atoms with Crippen molar-refractivity contribution in [1.82, 2.24) is 20.5 Å². The van der Waals surface area contributed by atoms with Gasteiger partial charge in [0.15, 0.2) is 0 Å². The second-order valence-electron chi connectivity index (χ2n) is 4.43.